The molecule has 0 saturated carbocycles. The first-order chi connectivity index (χ1) is 5.57. The molecule has 1 heterocycles. The molecule has 4 N–H and O–H groups in total. The summed E-state index contributed by atoms with van der Waals surface area (Å²) in [5.41, 5.74) is 0. The van der Waals surface area contributed by atoms with Crippen LogP contribution < -0.4 is 0 Å². The van der Waals surface area contributed by atoms with Crippen LogP contribution in [0.15, 0.2) is 0 Å². The molecule has 0 aliphatic carbocycles. The third-order valence-corrected chi connectivity index (χ3v) is 2.13. The fourth-order valence-corrected chi connectivity index (χ4v) is 1.29. The van der Waals surface area contributed by atoms with Crippen LogP contribution in [-0.2, 0) is 4.74 Å². The second-order valence-electron chi connectivity index (χ2n) is 3.03. The molecule has 72 valence electrons. The monoisotopic (exact) mass is 178 g/mol. The van der Waals surface area contributed by atoms with Gasteiger partial charge >= 0.3 is 0 Å². The number of ether oxygens (including phenoxy) is 1. The molecular formula is C7H14O5. The molecule has 1 aliphatic heterocycles. The van der Waals surface area contributed by atoms with Crippen molar-refractivity contribution in [2.75, 3.05) is 6.61 Å². The quantitative estimate of drug-likeness (QED) is 0.367. The topological polar surface area (TPSA) is 90.2 Å². The van der Waals surface area contributed by atoms with Crippen LogP contribution in [0.25, 0.3) is 0 Å². The van der Waals surface area contributed by atoms with Crippen molar-refractivity contribution in [3.8, 4) is 0 Å². The van der Waals surface area contributed by atoms with Gasteiger partial charge in [-0.25, -0.2) is 0 Å². The Morgan fingerprint density at radius 1 is 1.08 bits per heavy atom. The largest absolute Gasteiger partial charge is 0.394 e. The van der Waals surface area contributed by atoms with Gasteiger partial charge in [0, 0.05) is 0 Å². The predicted molar refractivity (Wildman–Crippen MR) is 39.4 cm³/mol. The second kappa shape index (κ2) is 3.68. The molecule has 3 unspecified atom stereocenters. The Labute approximate surface area is 70.2 Å². The molecular weight excluding hydrogens is 164 g/mol. The van der Waals surface area contributed by atoms with Crippen molar-refractivity contribution < 1.29 is 25.2 Å². The third-order valence-electron chi connectivity index (χ3n) is 2.13. The van der Waals surface area contributed by atoms with Crippen LogP contribution in [0.1, 0.15) is 6.92 Å². The van der Waals surface area contributed by atoms with Gasteiger partial charge in [-0.1, -0.05) is 0 Å². The van der Waals surface area contributed by atoms with Crippen LogP contribution >= 0.6 is 0 Å². The van der Waals surface area contributed by atoms with Gasteiger partial charge in [-0.15, -0.1) is 0 Å². The minimum absolute atomic E-state index is 0.366. The molecule has 0 spiro atoms. The minimum atomic E-state index is -1.24. The summed E-state index contributed by atoms with van der Waals surface area (Å²) in [6, 6.07) is 0. The standard InChI is InChI=1S/C7H14O5/c1-3-5(9)7(11)6(10)4(2-8)12-3/h3-11H,2H2,1H3/t3?,4?,5-,6-,7?/m1/s1. The summed E-state index contributed by atoms with van der Waals surface area (Å²) in [6.45, 7) is 1.21. The maximum absolute atomic E-state index is 9.23. The molecule has 0 bridgehead atoms. The number of rotatable bonds is 1. The first kappa shape index (κ1) is 9.88. The fourth-order valence-electron chi connectivity index (χ4n) is 1.29. The van der Waals surface area contributed by atoms with Gasteiger partial charge in [0.25, 0.3) is 0 Å². The van der Waals surface area contributed by atoms with Gasteiger partial charge in [-0.2, -0.15) is 0 Å². The van der Waals surface area contributed by atoms with Gasteiger partial charge in [0.1, 0.15) is 24.4 Å². The number of hydrogen-bond donors (Lipinski definition) is 4. The van der Waals surface area contributed by atoms with Crippen molar-refractivity contribution in [1.82, 2.24) is 0 Å². The van der Waals surface area contributed by atoms with Gasteiger partial charge in [0.05, 0.1) is 12.7 Å². The van der Waals surface area contributed by atoms with Gasteiger partial charge in [0.2, 0.25) is 0 Å². The van der Waals surface area contributed by atoms with E-state index in [9.17, 15) is 15.3 Å². The maximum Gasteiger partial charge on any atom is 0.111 e. The minimum Gasteiger partial charge on any atom is -0.394 e. The van der Waals surface area contributed by atoms with Crippen LogP contribution in [-0.4, -0.2) is 57.6 Å². The van der Waals surface area contributed by atoms with E-state index in [0.717, 1.165) is 0 Å². The third kappa shape index (κ3) is 1.60. The highest BCUT2D eigenvalue weighted by molar-refractivity contribution is 4.89. The molecule has 1 saturated heterocycles. The molecule has 0 aromatic rings. The Morgan fingerprint density at radius 3 is 2.17 bits per heavy atom. The zero-order chi connectivity index (χ0) is 9.30. The zero-order valence-electron chi connectivity index (χ0n) is 6.79. The van der Waals surface area contributed by atoms with E-state index < -0.39 is 30.5 Å². The normalized spacial score (nSPS) is 49.2. The van der Waals surface area contributed by atoms with Crippen LogP contribution in [0.2, 0.25) is 0 Å². The predicted octanol–water partition coefficient (Wildman–Crippen LogP) is -2.15. The van der Waals surface area contributed by atoms with Crippen LogP contribution in [0.5, 0.6) is 0 Å². The Hall–Kier alpha value is -0.200. The summed E-state index contributed by atoms with van der Waals surface area (Å²) in [6.07, 6.45) is -4.94. The van der Waals surface area contributed by atoms with E-state index in [2.05, 4.69) is 0 Å². The van der Waals surface area contributed by atoms with E-state index in [1.165, 1.54) is 0 Å². The average molecular weight is 178 g/mol. The highest BCUT2D eigenvalue weighted by atomic mass is 16.5. The van der Waals surface area contributed by atoms with Gasteiger partial charge in [-0.05, 0) is 6.92 Å². The molecule has 0 aromatic carbocycles. The molecule has 0 radical (unpaired) electrons. The maximum atomic E-state index is 9.23. The van der Waals surface area contributed by atoms with Crippen LogP contribution in [0.3, 0.4) is 0 Å². The lowest BCUT2D eigenvalue weighted by Gasteiger charge is -2.38. The van der Waals surface area contributed by atoms with Crippen molar-refractivity contribution in [3.05, 3.63) is 0 Å². The van der Waals surface area contributed by atoms with Crippen LogP contribution in [0.4, 0.5) is 0 Å². The molecule has 12 heavy (non-hydrogen) atoms. The molecule has 5 atom stereocenters. The zero-order valence-corrected chi connectivity index (χ0v) is 6.79. The lowest BCUT2D eigenvalue weighted by molar-refractivity contribution is -0.224. The summed E-state index contributed by atoms with van der Waals surface area (Å²) >= 11 is 0. The lowest BCUT2D eigenvalue weighted by atomic mass is 9.96. The second-order valence-corrected chi connectivity index (χ2v) is 3.03. The van der Waals surface area contributed by atoms with E-state index in [1.807, 2.05) is 0 Å². The summed E-state index contributed by atoms with van der Waals surface area (Å²) in [7, 11) is 0. The summed E-state index contributed by atoms with van der Waals surface area (Å²) in [5.74, 6) is 0. The van der Waals surface area contributed by atoms with E-state index in [-0.39, 0.29) is 6.61 Å². The van der Waals surface area contributed by atoms with Crippen molar-refractivity contribution in [1.29, 1.82) is 0 Å². The molecule has 1 fully saturated rings. The number of aliphatic hydroxyl groups is 4. The van der Waals surface area contributed by atoms with Crippen LogP contribution in [0, 0.1) is 0 Å². The summed E-state index contributed by atoms with van der Waals surface area (Å²) in [4.78, 5) is 0. The Bertz CT molecular complexity index is 146. The Balaban J connectivity index is 2.63. The summed E-state index contributed by atoms with van der Waals surface area (Å²) in [5, 5.41) is 36.4. The SMILES string of the molecule is CC1OC(CO)[C@@H](O)C(O)[C@@H]1O. The number of aliphatic hydroxyl groups excluding tert-OH is 4. The van der Waals surface area contributed by atoms with Crippen molar-refractivity contribution in [2.24, 2.45) is 0 Å². The highest BCUT2D eigenvalue weighted by Gasteiger charge is 2.41. The van der Waals surface area contributed by atoms with E-state index in [4.69, 9.17) is 9.84 Å². The Morgan fingerprint density at radius 2 is 1.67 bits per heavy atom. The average Bonchev–Trinajstić information content (AvgIpc) is 2.08. The first-order valence-electron chi connectivity index (χ1n) is 3.88. The van der Waals surface area contributed by atoms with Crippen molar-refractivity contribution >= 4 is 0 Å². The van der Waals surface area contributed by atoms with E-state index >= 15 is 0 Å². The number of hydrogen-bond acceptors (Lipinski definition) is 5. The molecule has 5 heteroatoms. The molecule has 0 aromatic heterocycles. The van der Waals surface area contributed by atoms with Gasteiger partial charge in [0.15, 0.2) is 0 Å². The molecule has 0 amide bonds. The smallest absolute Gasteiger partial charge is 0.111 e. The Kier molecular flexibility index (Phi) is 3.03. The highest BCUT2D eigenvalue weighted by Crippen LogP contribution is 2.20. The summed E-state index contributed by atoms with van der Waals surface area (Å²) < 4.78 is 5.02. The lowest BCUT2D eigenvalue weighted by Crippen LogP contribution is -2.57. The van der Waals surface area contributed by atoms with Gasteiger partial charge < -0.3 is 25.2 Å². The first-order valence-corrected chi connectivity index (χ1v) is 3.88. The van der Waals surface area contributed by atoms with Crippen molar-refractivity contribution in [2.45, 2.75) is 37.4 Å². The molecule has 5 nitrogen and oxygen atoms in total. The van der Waals surface area contributed by atoms with Crippen molar-refractivity contribution in [3.63, 3.8) is 0 Å². The van der Waals surface area contributed by atoms with E-state index in [1.54, 1.807) is 6.92 Å². The fraction of sp³-hybridized carbons (Fsp3) is 1.00. The molecule has 1 aliphatic rings. The van der Waals surface area contributed by atoms with E-state index in [0.29, 0.717) is 0 Å². The molecule has 1 rings (SSSR count). The van der Waals surface area contributed by atoms with Gasteiger partial charge in [-0.3, -0.25) is 0 Å².